The van der Waals surface area contributed by atoms with E-state index in [-0.39, 0.29) is 12.6 Å². The van der Waals surface area contributed by atoms with Gasteiger partial charge in [0.2, 0.25) is 0 Å². The highest BCUT2D eigenvalue weighted by Gasteiger charge is 2.28. The van der Waals surface area contributed by atoms with E-state index < -0.39 is 6.43 Å². The molecule has 1 aromatic rings. The molecule has 1 aliphatic heterocycles. The van der Waals surface area contributed by atoms with Gasteiger partial charge in [-0.05, 0) is 19.8 Å². The molecule has 1 atom stereocenters. The first kappa shape index (κ1) is 16.1. The van der Waals surface area contributed by atoms with E-state index >= 15 is 0 Å². The van der Waals surface area contributed by atoms with Crippen LogP contribution in [0.3, 0.4) is 0 Å². The van der Waals surface area contributed by atoms with Gasteiger partial charge in [0.1, 0.15) is 11.6 Å². The standard InChI is InChI=1S/C15H24F2N4/c1-4-12-8-15(19-11(3)18-12)21-7-6-20(10-14(16)17)13(5-2)9-21/h8,13-14H,4-7,9-10H2,1-3H3. The van der Waals surface area contributed by atoms with Crippen molar-refractivity contribution >= 4 is 5.82 Å². The van der Waals surface area contributed by atoms with Crippen LogP contribution in [-0.2, 0) is 6.42 Å². The van der Waals surface area contributed by atoms with Crippen molar-refractivity contribution in [1.82, 2.24) is 14.9 Å². The third-order valence-corrected chi connectivity index (χ3v) is 4.01. The van der Waals surface area contributed by atoms with E-state index in [2.05, 4.69) is 28.7 Å². The number of aromatic nitrogens is 2. The molecule has 0 amide bonds. The number of halogens is 2. The molecule has 2 heterocycles. The lowest BCUT2D eigenvalue weighted by molar-refractivity contribution is 0.0586. The molecule has 1 aliphatic rings. The van der Waals surface area contributed by atoms with E-state index in [1.165, 1.54) is 0 Å². The van der Waals surface area contributed by atoms with Gasteiger partial charge in [0.15, 0.2) is 0 Å². The number of anilines is 1. The van der Waals surface area contributed by atoms with E-state index in [9.17, 15) is 8.78 Å². The van der Waals surface area contributed by atoms with Gasteiger partial charge in [-0.3, -0.25) is 4.90 Å². The molecule has 6 heteroatoms. The summed E-state index contributed by atoms with van der Waals surface area (Å²) in [5.41, 5.74) is 1.03. The predicted molar refractivity (Wildman–Crippen MR) is 80.0 cm³/mol. The average Bonchev–Trinajstić information content (AvgIpc) is 2.46. The number of piperazine rings is 1. The van der Waals surface area contributed by atoms with Crippen molar-refractivity contribution in [2.75, 3.05) is 31.1 Å². The topological polar surface area (TPSA) is 32.3 Å². The number of rotatable bonds is 5. The summed E-state index contributed by atoms with van der Waals surface area (Å²) in [6, 6.07) is 2.18. The van der Waals surface area contributed by atoms with Crippen LogP contribution in [0.2, 0.25) is 0 Å². The third kappa shape index (κ3) is 4.09. The van der Waals surface area contributed by atoms with Gasteiger partial charge in [-0.1, -0.05) is 13.8 Å². The zero-order chi connectivity index (χ0) is 15.4. The van der Waals surface area contributed by atoms with E-state index in [1.54, 1.807) is 0 Å². The van der Waals surface area contributed by atoms with Crippen molar-refractivity contribution in [2.24, 2.45) is 0 Å². The fourth-order valence-corrected chi connectivity index (χ4v) is 2.86. The van der Waals surface area contributed by atoms with E-state index in [0.717, 1.165) is 43.3 Å². The Morgan fingerprint density at radius 2 is 2.05 bits per heavy atom. The van der Waals surface area contributed by atoms with Crippen molar-refractivity contribution in [3.05, 3.63) is 17.6 Å². The molecule has 0 spiro atoms. The molecular weight excluding hydrogens is 274 g/mol. The van der Waals surface area contributed by atoms with Crippen LogP contribution in [0.4, 0.5) is 14.6 Å². The summed E-state index contributed by atoms with van der Waals surface area (Å²) in [5.74, 6) is 1.70. The molecule has 1 aromatic heterocycles. The summed E-state index contributed by atoms with van der Waals surface area (Å²) in [7, 11) is 0. The van der Waals surface area contributed by atoms with Gasteiger partial charge in [0, 0.05) is 37.4 Å². The first-order chi connectivity index (χ1) is 10.0. The number of nitrogens with zero attached hydrogens (tertiary/aromatic N) is 4. The van der Waals surface area contributed by atoms with Crippen LogP contribution in [0.25, 0.3) is 0 Å². The molecule has 0 bridgehead atoms. The summed E-state index contributed by atoms with van der Waals surface area (Å²) in [4.78, 5) is 13.0. The third-order valence-electron chi connectivity index (χ3n) is 4.01. The Morgan fingerprint density at radius 1 is 1.29 bits per heavy atom. The van der Waals surface area contributed by atoms with E-state index in [1.807, 2.05) is 17.9 Å². The van der Waals surface area contributed by atoms with Crippen molar-refractivity contribution in [3.8, 4) is 0 Å². The van der Waals surface area contributed by atoms with Gasteiger partial charge in [-0.2, -0.15) is 0 Å². The number of alkyl halides is 2. The van der Waals surface area contributed by atoms with Gasteiger partial charge in [0.25, 0.3) is 6.43 Å². The molecule has 1 saturated heterocycles. The Morgan fingerprint density at radius 3 is 2.67 bits per heavy atom. The highest BCUT2D eigenvalue weighted by atomic mass is 19.3. The number of hydrogen-bond acceptors (Lipinski definition) is 4. The zero-order valence-corrected chi connectivity index (χ0v) is 13.0. The fraction of sp³-hybridized carbons (Fsp3) is 0.733. The summed E-state index contributed by atoms with van der Waals surface area (Å²) in [6.07, 6.45) is -0.522. The molecule has 0 saturated carbocycles. The minimum absolute atomic E-state index is 0.130. The average molecular weight is 298 g/mol. The minimum atomic E-state index is -2.27. The van der Waals surface area contributed by atoms with Crippen molar-refractivity contribution < 1.29 is 8.78 Å². The van der Waals surface area contributed by atoms with Crippen LogP contribution in [0.15, 0.2) is 6.07 Å². The second-order valence-electron chi connectivity index (χ2n) is 5.51. The van der Waals surface area contributed by atoms with Crippen LogP contribution in [-0.4, -0.2) is 53.5 Å². The van der Waals surface area contributed by atoms with Crippen LogP contribution in [0.1, 0.15) is 31.8 Å². The van der Waals surface area contributed by atoms with Gasteiger partial charge in [0.05, 0.1) is 6.54 Å². The largest absolute Gasteiger partial charge is 0.354 e. The minimum Gasteiger partial charge on any atom is -0.354 e. The van der Waals surface area contributed by atoms with Crippen molar-refractivity contribution in [2.45, 2.75) is 46.1 Å². The zero-order valence-electron chi connectivity index (χ0n) is 13.0. The monoisotopic (exact) mass is 298 g/mol. The van der Waals surface area contributed by atoms with E-state index in [0.29, 0.717) is 6.54 Å². The maximum absolute atomic E-state index is 12.6. The fourth-order valence-electron chi connectivity index (χ4n) is 2.86. The van der Waals surface area contributed by atoms with Crippen LogP contribution in [0.5, 0.6) is 0 Å². The molecule has 0 radical (unpaired) electrons. The molecule has 0 aromatic carbocycles. The highest BCUT2D eigenvalue weighted by molar-refractivity contribution is 5.41. The highest BCUT2D eigenvalue weighted by Crippen LogP contribution is 2.20. The molecule has 0 aliphatic carbocycles. The second-order valence-corrected chi connectivity index (χ2v) is 5.51. The van der Waals surface area contributed by atoms with Crippen LogP contribution >= 0.6 is 0 Å². The Bertz CT molecular complexity index is 467. The van der Waals surface area contributed by atoms with Gasteiger partial charge < -0.3 is 4.90 Å². The molecule has 4 nitrogen and oxygen atoms in total. The molecule has 118 valence electrons. The smallest absolute Gasteiger partial charge is 0.251 e. The van der Waals surface area contributed by atoms with E-state index in [4.69, 9.17) is 0 Å². The molecule has 1 unspecified atom stereocenters. The number of hydrogen-bond donors (Lipinski definition) is 0. The summed E-state index contributed by atoms with van der Waals surface area (Å²) >= 11 is 0. The van der Waals surface area contributed by atoms with Crippen molar-refractivity contribution in [1.29, 1.82) is 0 Å². The Labute approximate surface area is 125 Å². The van der Waals surface area contributed by atoms with Crippen molar-refractivity contribution in [3.63, 3.8) is 0 Å². The lowest BCUT2D eigenvalue weighted by atomic mass is 10.1. The normalized spacial score (nSPS) is 20.3. The van der Waals surface area contributed by atoms with Gasteiger partial charge in [-0.25, -0.2) is 18.7 Å². The maximum Gasteiger partial charge on any atom is 0.251 e. The SMILES string of the molecule is CCc1cc(N2CCN(CC(F)F)C(CC)C2)nc(C)n1. The Kier molecular flexibility index (Phi) is 5.45. The first-order valence-corrected chi connectivity index (χ1v) is 7.65. The maximum atomic E-state index is 12.6. The lowest BCUT2D eigenvalue weighted by Crippen LogP contribution is -2.54. The quantitative estimate of drug-likeness (QED) is 0.836. The summed E-state index contributed by atoms with van der Waals surface area (Å²) < 4.78 is 25.2. The molecule has 0 N–H and O–H groups in total. The van der Waals surface area contributed by atoms with Crippen LogP contribution in [0, 0.1) is 6.92 Å². The molecule has 2 rings (SSSR count). The summed E-state index contributed by atoms with van der Waals surface area (Å²) in [6.45, 7) is 8.04. The lowest BCUT2D eigenvalue weighted by Gasteiger charge is -2.41. The van der Waals surface area contributed by atoms with Crippen LogP contribution < -0.4 is 4.90 Å². The Hall–Kier alpha value is -1.30. The molecule has 1 fully saturated rings. The predicted octanol–water partition coefficient (Wildman–Crippen LogP) is 2.51. The second kappa shape index (κ2) is 7.11. The summed E-state index contributed by atoms with van der Waals surface area (Å²) in [5, 5.41) is 0. The van der Waals surface area contributed by atoms with Gasteiger partial charge >= 0.3 is 0 Å². The number of aryl methyl sites for hydroxylation is 2. The first-order valence-electron chi connectivity index (χ1n) is 7.65. The van der Waals surface area contributed by atoms with Gasteiger partial charge in [-0.15, -0.1) is 0 Å². The Balaban J connectivity index is 2.11. The molecular formula is C15H24F2N4. The molecule has 21 heavy (non-hydrogen) atoms.